The zero-order valence-electron chi connectivity index (χ0n) is 16.3. The van der Waals surface area contributed by atoms with Crippen LogP contribution in [0.3, 0.4) is 0 Å². The summed E-state index contributed by atoms with van der Waals surface area (Å²) in [5, 5.41) is 6.98. The van der Waals surface area contributed by atoms with Crippen LogP contribution in [0.25, 0.3) is 0 Å². The number of halogens is 1. The van der Waals surface area contributed by atoms with Crippen molar-refractivity contribution in [3.05, 3.63) is 34.9 Å². The van der Waals surface area contributed by atoms with E-state index in [1.807, 2.05) is 43.0 Å². The molecule has 148 valence electrons. The van der Waals surface area contributed by atoms with Gasteiger partial charge in [0.05, 0.1) is 11.5 Å². The third-order valence-corrected chi connectivity index (χ3v) is 6.10. The second-order valence-corrected chi connectivity index (χ2v) is 8.72. The number of carbonyl (C=O) groups is 2. The predicted molar refractivity (Wildman–Crippen MR) is 108 cm³/mol. The maximum absolute atomic E-state index is 13.2. The van der Waals surface area contributed by atoms with Gasteiger partial charge in [0.1, 0.15) is 0 Å². The summed E-state index contributed by atoms with van der Waals surface area (Å²) in [5.74, 6) is 0.546. The first-order valence-electron chi connectivity index (χ1n) is 9.94. The van der Waals surface area contributed by atoms with Crippen LogP contribution in [0.2, 0.25) is 5.02 Å². The van der Waals surface area contributed by atoms with Gasteiger partial charge < -0.3 is 15.5 Å². The normalized spacial score (nSPS) is 23.3. The number of nitrogens with zero attached hydrogens (tertiary/aromatic N) is 1. The monoisotopic (exact) mass is 391 g/mol. The quantitative estimate of drug-likeness (QED) is 0.811. The maximum atomic E-state index is 13.2. The van der Waals surface area contributed by atoms with E-state index in [0.29, 0.717) is 24.0 Å². The Hall–Kier alpha value is -1.59. The molecule has 2 N–H and O–H groups in total. The van der Waals surface area contributed by atoms with E-state index in [0.717, 1.165) is 44.3 Å². The van der Waals surface area contributed by atoms with Gasteiger partial charge in [-0.3, -0.25) is 9.59 Å². The molecule has 1 aromatic rings. The molecule has 2 heterocycles. The van der Waals surface area contributed by atoms with Gasteiger partial charge in [-0.25, -0.2) is 0 Å². The van der Waals surface area contributed by atoms with E-state index < -0.39 is 5.41 Å². The minimum Gasteiger partial charge on any atom is -0.354 e. The van der Waals surface area contributed by atoms with E-state index in [2.05, 4.69) is 10.6 Å². The zero-order valence-corrected chi connectivity index (χ0v) is 17.0. The highest BCUT2D eigenvalue weighted by Gasteiger charge is 2.36. The molecule has 27 heavy (non-hydrogen) atoms. The van der Waals surface area contributed by atoms with Crippen molar-refractivity contribution in [1.82, 2.24) is 15.5 Å². The van der Waals surface area contributed by atoms with Crippen LogP contribution < -0.4 is 10.6 Å². The highest BCUT2D eigenvalue weighted by molar-refractivity contribution is 6.30. The van der Waals surface area contributed by atoms with Crippen LogP contribution in [-0.2, 0) is 15.0 Å². The van der Waals surface area contributed by atoms with Crippen molar-refractivity contribution in [1.29, 1.82) is 0 Å². The van der Waals surface area contributed by atoms with Crippen molar-refractivity contribution >= 4 is 23.4 Å². The predicted octanol–water partition coefficient (Wildman–Crippen LogP) is 2.72. The lowest BCUT2D eigenvalue weighted by Gasteiger charge is -2.38. The minimum absolute atomic E-state index is 0.0461. The van der Waals surface area contributed by atoms with Crippen LogP contribution >= 0.6 is 11.6 Å². The van der Waals surface area contributed by atoms with Gasteiger partial charge in [-0.1, -0.05) is 23.7 Å². The number of carbonyl (C=O) groups excluding carboxylic acids is 2. The minimum atomic E-state index is -0.594. The third-order valence-electron chi connectivity index (χ3n) is 5.85. The Balaban J connectivity index is 1.57. The fourth-order valence-corrected chi connectivity index (χ4v) is 4.20. The summed E-state index contributed by atoms with van der Waals surface area (Å²) >= 11 is 5.98. The molecule has 2 fully saturated rings. The Kier molecular flexibility index (Phi) is 6.43. The molecule has 2 atom stereocenters. The van der Waals surface area contributed by atoms with Crippen molar-refractivity contribution in [3.8, 4) is 0 Å². The summed E-state index contributed by atoms with van der Waals surface area (Å²) in [6, 6.07) is 7.47. The topological polar surface area (TPSA) is 61.4 Å². The summed E-state index contributed by atoms with van der Waals surface area (Å²) in [6.45, 7) is 6.98. The fourth-order valence-electron chi connectivity index (χ4n) is 4.08. The zero-order chi connectivity index (χ0) is 19.4. The van der Waals surface area contributed by atoms with Crippen LogP contribution in [-0.4, -0.2) is 48.9 Å². The first-order valence-corrected chi connectivity index (χ1v) is 10.3. The van der Waals surface area contributed by atoms with Gasteiger partial charge in [0.25, 0.3) is 0 Å². The Bertz CT molecular complexity index is 669. The molecule has 2 saturated heterocycles. The van der Waals surface area contributed by atoms with Crippen molar-refractivity contribution in [3.63, 3.8) is 0 Å². The molecule has 2 unspecified atom stereocenters. The SMILES string of the molecule is CC(C)(C(=O)N1CCCC(CNC(=O)C2CCCN2)C1)c1ccc(Cl)cc1. The first kappa shape index (κ1) is 20.2. The number of rotatable bonds is 5. The molecule has 2 amide bonds. The van der Waals surface area contributed by atoms with E-state index in [-0.39, 0.29) is 17.9 Å². The number of amides is 2. The van der Waals surface area contributed by atoms with Crippen molar-refractivity contribution in [2.75, 3.05) is 26.2 Å². The average molecular weight is 392 g/mol. The molecular formula is C21H30ClN3O2. The molecule has 2 aliphatic rings. The van der Waals surface area contributed by atoms with Crippen molar-refractivity contribution in [2.24, 2.45) is 5.92 Å². The number of likely N-dealkylation sites (tertiary alicyclic amines) is 1. The van der Waals surface area contributed by atoms with E-state index in [1.165, 1.54) is 0 Å². The van der Waals surface area contributed by atoms with Crippen LogP contribution in [0.4, 0.5) is 0 Å². The summed E-state index contributed by atoms with van der Waals surface area (Å²) in [5.41, 5.74) is 0.378. The Morgan fingerprint density at radius 3 is 2.63 bits per heavy atom. The van der Waals surface area contributed by atoms with E-state index in [9.17, 15) is 9.59 Å². The molecule has 0 aliphatic carbocycles. The summed E-state index contributed by atoms with van der Waals surface area (Å²) in [6.07, 6.45) is 3.99. The average Bonchev–Trinajstić information content (AvgIpc) is 3.21. The smallest absolute Gasteiger partial charge is 0.237 e. The Labute approximate surface area is 166 Å². The number of nitrogens with one attached hydrogen (secondary N) is 2. The lowest BCUT2D eigenvalue weighted by Crippen LogP contribution is -2.50. The van der Waals surface area contributed by atoms with Gasteiger partial charge in [0.15, 0.2) is 0 Å². The van der Waals surface area contributed by atoms with Crippen molar-refractivity contribution in [2.45, 2.75) is 51.0 Å². The first-order chi connectivity index (χ1) is 12.9. The molecule has 0 radical (unpaired) electrons. The summed E-state index contributed by atoms with van der Waals surface area (Å²) < 4.78 is 0. The Morgan fingerprint density at radius 2 is 1.96 bits per heavy atom. The van der Waals surface area contributed by atoms with Gasteiger partial charge in [0, 0.05) is 24.7 Å². The van der Waals surface area contributed by atoms with Gasteiger partial charge in [0.2, 0.25) is 11.8 Å². The van der Waals surface area contributed by atoms with E-state index in [1.54, 1.807) is 0 Å². The second kappa shape index (κ2) is 8.61. The molecule has 0 spiro atoms. The number of hydrogen-bond donors (Lipinski definition) is 2. The standard InChI is InChI=1S/C21H30ClN3O2/c1-21(2,16-7-9-17(22)10-8-16)20(27)25-12-4-5-15(14-25)13-24-19(26)18-6-3-11-23-18/h7-10,15,18,23H,3-6,11-14H2,1-2H3,(H,24,26). The van der Waals surface area contributed by atoms with Gasteiger partial charge in [-0.15, -0.1) is 0 Å². The van der Waals surface area contributed by atoms with Crippen LogP contribution in [0, 0.1) is 5.92 Å². The largest absolute Gasteiger partial charge is 0.354 e. The highest BCUT2D eigenvalue weighted by atomic mass is 35.5. The lowest BCUT2D eigenvalue weighted by molar-refractivity contribution is -0.138. The lowest BCUT2D eigenvalue weighted by atomic mass is 9.82. The molecule has 0 bridgehead atoms. The molecule has 1 aromatic carbocycles. The van der Waals surface area contributed by atoms with Crippen LogP contribution in [0.1, 0.15) is 45.1 Å². The number of benzene rings is 1. The highest BCUT2D eigenvalue weighted by Crippen LogP contribution is 2.29. The molecule has 6 heteroatoms. The van der Waals surface area contributed by atoms with Gasteiger partial charge in [-0.05, 0) is 69.7 Å². The fraction of sp³-hybridized carbons (Fsp3) is 0.619. The van der Waals surface area contributed by atoms with Crippen molar-refractivity contribution < 1.29 is 9.59 Å². The van der Waals surface area contributed by atoms with E-state index >= 15 is 0 Å². The summed E-state index contributed by atoms with van der Waals surface area (Å²) in [7, 11) is 0. The molecule has 5 nitrogen and oxygen atoms in total. The summed E-state index contributed by atoms with van der Waals surface area (Å²) in [4.78, 5) is 27.4. The van der Waals surface area contributed by atoms with Crippen LogP contribution in [0.15, 0.2) is 24.3 Å². The number of hydrogen-bond acceptors (Lipinski definition) is 3. The van der Waals surface area contributed by atoms with Gasteiger partial charge >= 0.3 is 0 Å². The Morgan fingerprint density at radius 1 is 1.22 bits per heavy atom. The third kappa shape index (κ3) is 4.82. The van der Waals surface area contributed by atoms with Crippen LogP contribution in [0.5, 0.6) is 0 Å². The number of piperidine rings is 1. The van der Waals surface area contributed by atoms with E-state index in [4.69, 9.17) is 11.6 Å². The maximum Gasteiger partial charge on any atom is 0.237 e. The molecule has 0 saturated carbocycles. The molecule has 3 rings (SSSR count). The second-order valence-electron chi connectivity index (χ2n) is 8.29. The van der Waals surface area contributed by atoms with Gasteiger partial charge in [-0.2, -0.15) is 0 Å². The molecular weight excluding hydrogens is 362 g/mol. The molecule has 0 aromatic heterocycles. The molecule has 2 aliphatic heterocycles.